The van der Waals surface area contributed by atoms with Crippen LogP contribution in [0.5, 0.6) is 0 Å². The first-order valence-corrected chi connectivity index (χ1v) is 9.49. The molecule has 0 bridgehead atoms. The predicted octanol–water partition coefficient (Wildman–Crippen LogP) is 4.65. The number of hydrogen-bond acceptors (Lipinski definition) is 3. The summed E-state index contributed by atoms with van der Waals surface area (Å²) >= 11 is 0. The van der Waals surface area contributed by atoms with Gasteiger partial charge in [0.25, 0.3) is 5.91 Å². The minimum absolute atomic E-state index is 0.0563. The van der Waals surface area contributed by atoms with Gasteiger partial charge < -0.3 is 14.8 Å². The van der Waals surface area contributed by atoms with Crippen molar-refractivity contribution in [3.8, 4) is 11.8 Å². The van der Waals surface area contributed by atoms with Crippen LogP contribution in [-0.2, 0) is 11.2 Å². The fourth-order valence-corrected chi connectivity index (χ4v) is 3.09. The molecule has 1 heterocycles. The lowest BCUT2D eigenvalue weighted by molar-refractivity contribution is -0.112. The molecular weight excluding hydrogens is 360 g/mol. The summed E-state index contributed by atoms with van der Waals surface area (Å²) in [7, 11) is 3.99. The lowest BCUT2D eigenvalue weighted by atomic mass is 10.1. The second-order valence-corrected chi connectivity index (χ2v) is 6.85. The number of carbonyl (C=O) groups is 1. The molecule has 0 atom stereocenters. The third-order valence-corrected chi connectivity index (χ3v) is 4.73. The number of nitriles is 1. The van der Waals surface area contributed by atoms with Crippen LogP contribution in [0, 0.1) is 11.3 Å². The summed E-state index contributed by atoms with van der Waals surface area (Å²) < 4.78 is 1.95. The minimum Gasteiger partial charge on any atom is -0.378 e. The third-order valence-electron chi connectivity index (χ3n) is 4.73. The van der Waals surface area contributed by atoms with Crippen molar-refractivity contribution in [1.82, 2.24) is 4.57 Å². The molecule has 5 nitrogen and oxygen atoms in total. The molecule has 146 valence electrons. The summed E-state index contributed by atoms with van der Waals surface area (Å²) in [6, 6.07) is 21.5. The van der Waals surface area contributed by atoms with E-state index in [-0.39, 0.29) is 5.57 Å². The molecule has 29 heavy (non-hydrogen) atoms. The molecule has 0 fully saturated rings. The van der Waals surface area contributed by atoms with Crippen LogP contribution < -0.4 is 10.2 Å². The van der Waals surface area contributed by atoms with Crippen LogP contribution in [0.3, 0.4) is 0 Å². The Bertz CT molecular complexity index is 1070. The van der Waals surface area contributed by atoms with Gasteiger partial charge in [-0.2, -0.15) is 5.26 Å². The molecule has 2 aromatic carbocycles. The van der Waals surface area contributed by atoms with Gasteiger partial charge in [0, 0.05) is 43.0 Å². The predicted molar refractivity (Wildman–Crippen MR) is 118 cm³/mol. The largest absolute Gasteiger partial charge is 0.378 e. The highest BCUT2D eigenvalue weighted by Gasteiger charge is 2.13. The zero-order chi connectivity index (χ0) is 20.8. The molecule has 1 N–H and O–H groups in total. The molecule has 0 saturated carbocycles. The van der Waals surface area contributed by atoms with Gasteiger partial charge in [-0.3, -0.25) is 4.79 Å². The maximum Gasteiger partial charge on any atom is 0.266 e. The summed E-state index contributed by atoms with van der Waals surface area (Å²) in [5.74, 6) is -0.413. The third kappa shape index (κ3) is 4.56. The topological polar surface area (TPSA) is 61.1 Å². The van der Waals surface area contributed by atoms with Crippen LogP contribution in [0.2, 0.25) is 0 Å². The van der Waals surface area contributed by atoms with Gasteiger partial charge in [-0.1, -0.05) is 25.1 Å². The average Bonchev–Trinajstić information content (AvgIpc) is 3.20. The first-order valence-electron chi connectivity index (χ1n) is 9.49. The van der Waals surface area contributed by atoms with Crippen molar-refractivity contribution in [1.29, 1.82) is 5.26 Å². The van der Waals surface area contributed by atoms with Gasteiger partial charge >= 0.3 is 0 Å². The van der Waals surface area contributed by atoms with Crippen molar-refractivity contribution in [2.45, 2.75) is 13.3 Å². The van der Waals surface area contributed by atoms with E-state index in [2.05, 4.69) is 5.32 Å². The molecule has 0 aliphatic heterocycles. The highest BCUT2D eigenvalue weighted by molar-refractivity contribution is 6.09. The fraction of sp³-hybridized carbons (Fsp3) is 0.167. The smallest absolute Gasteiger partial charge is 0.266 e. The molecule has 0 aliphatic rings. The number of nitrogens with zero attached hydrogens (tertiary/aromatic N) is 3. The molecule has 0 aliphatic carbocycles. The second-order valence-electron chi connectivity index (χ2n) is 6.85. The van der Waals surface area contributed by atoms with Crippen LogP contribution in [0.25, 0.3) is 11.8 Å². The van der Waals surface area contributed by atoms with Crippen molar-refractivity contribution in [2.24, 2.45) is 0 Å². The molecule has 3 rings (SSSR count). The van der Waals surface area contributed by atoms with Gasteiger partial charge in [-0.15, -0.1) is 0 Å². The van der Waals surface area contributed by atoms with Crippen molar-refractivity contribution in [3.05, 3.63) is 83.7 Å². The lowest BCUT2D eigenvalue weighted by Gasteiger charge is -2.14. The summed E-state index contributed by atoms with van der Waals surface area (Å²) in [6.45, 7) is 2.03. The number of amides is 1. The molecule has 0 radical (unpaired) electrons. The highest BCUT2D eigenvalue weighted by Crippen LogP contribution is 2.20. The van der Waals surface area contributed by atoms with E-state index in [1.165, 1.54) is 0 Å². The maximum absolute atomic E-state index is 12.7. The second kappa shape index (κ2) is 8.94. The average molecular weight is 384 g/mol. The van der Waals surface area contributed by atoms with Gasteiger partial charge in [0.1, 0.15) is 11.6 Å². The summed E-state index contributed by atoms with van der Waals surface area (Å²) in [5.41, 5.74) is 4.64. The monoisotopic (exact) mass is 384 g/mol. The molecular formula is C24H24N4O. The van der Waals surface area contributed by atoms with Crippen LogP contribution >= 0.6 is 0 Å². The maximum atomic E-state index is 12.7. The Labute approximate surface area is 171 Å². The zero-order valence-electron chi connectivity index (χ0n) is 16.9. The summed E-state index contributed by atoms with van der Waals surface area (Å²) in [5, 5.41) is 12.4. The van der Waals surface area contributed by atoms with E-state index in [1.807, 2.05) is 103 Å². The Morgan fingerprint density at radius 1 is 1.10 bits per heavy atom. The number of benzene rings is 2. The molecule has 5 heteroatoms. The van der Waals surface area contributed by atoms with Crippen molar-refractivity contribution in [3.63, 3.8) is 0 Å². The molecule has 3 aromatic rings. The van der Waals surface area contributed by atoms with Gasteiger partial charge in [-0.05, 0) is 60.5 Å². The van der Waals surface area contributed by atoms with Crippen molar-refractivity contribution in [2.75, 3.05) is 24.3 Å². The summed E-state index contributed by atoms with van der Waals surface area (Å²) in [6.07, 6.45) is 4.33. The van der Waals surface area contributed by atoms with Gasteiger partial charge in [0.05, 0.1) is 0 Å². The minimum atomic E-state index is -0.413. The zero-order valence-corrected chi connectivity index (χ0v) is 16.9. The first kappa shape index (κ1) is 20.0. The van der Waals surface area contributed by atoms with E-state index in [4.69, 9.17) is 0 Å². The Balaban J connectivity index is 1.88. The lowest BCUT2D eigenvalue weighted by Crippen LogP contribution is -2.15. The number of aryl methyl sites for hydroxylation is 1. The number of rotatable bonds is 6. The Hall–Kier alpha value is -3.78. The standard InChI is InChI=1S/C24H24N4O/c1-4-18-8-5-6-10-23(18)26-24(29)19(17-25)16-22-9-7-15-28(22)21-13-11-20(12-14-21)27(2)3/h5-16H,4H2,1-3H3,(H,26,29)/b19-16-. The Kier molecular flexibility index (Phi) is 6.16. The SMILES string of the molecule is CCc1ccccc1NC(=O)/C(C#N)=C\c1cccn1-c1ccc(N(C)C)cc1. The highest BCUT2D eigenvalue weighted by atomic mass is 16.1. The quantitative estimate of drug-likeness (QED) is 0.497. The summed E-state index contributed by atoms with van der Waals surface area (Å²) in [4.78, 5) is 14.7. The van der Waals surface area contributed by atoms with E-state index in [9.17, 15) is 10.1 Å². The van der Waals surface area contributed by atoms with Gasteiger partial charge in [0.2, 0.25) is 0 Å². The first-order chi connectivity index (χ1) is 14.0. The van der Waals surface area contributed by atoms with Crippen LogP contribution in [0.4, 0.5) is 11.4 Å². The Morgan fingerprint density at radius 2 is 1.83 bits per heavy atom. The number of aromatic nitrogens is 1. The fourth-order valence-electron chi connectivity index (χ4n) is 3.09. The molecule has 1 aromatic heterocycles. The van der Waals surface area contributed by atoms with E-state index in [0.29, 0.717) is 0 Å². The van der Waals surface area contributed by atoms with Crippen LogP contribution in [0.1, 0.15) is 18.2 Å². The van der Waals surface area contributed by atoms with Gasteiger partial charge in [-0.25, -0.2) is 0 Å². The van der Waals surface area contributed by atoms with E-state index in [1.54, 1.807) is 6.08 Å². The number of anilines is 2. The molecule has 0 spiro atoms. The molecule has 0 unspecified atom stereocenters. The van der Waals surface area contributed by atoms with Crippen LogP contribution in [-0.4, -0.2) is 24.6 Å². The molecule has 1 amide bonds. The van der Waals surface area contributed by atoms with Crippen molar-refractivity contribution >= 4 is 23.4 Å². The van der Waals surface area contributed by atoms with E-state index in [0.717, 1.165) is 34.7 Å². The normalized spacial score (nSPS) is 11.0. The van der Waals surface area contributed by atoms with Gasteiger partial charge in [0.15, 0.2) is 0 Å². The number of hydrogen-bond donors (Lipinski definition) is 1. The van der Waals surface area contributed by atoms with Crippen LogP contribution in [0.15, 0.2) is 72.4 Å². The van der Waals surface area contributed by atoms with E-state index >= 15 is 0 Å². The number of nitrogens with one attached hydrogen (secondary N) is 1. The van der Waals surface area contributed by atoms with E-state index < -0.39 is 5.91 Å². The number of carbonyl (C=O) groups excluding carboxylic acids is 1. The number of para-hydroxylation sites is 1. The van der Waals surface area contributed by atoms with Crippen molar-refractivity contribution < 1.29 is 4.79 Å². The molecule has 0 saturated heterocycles. The Morgan fingerprint density at radius 3 is 2.48 bits per heavy atom.